The van der Waals surface area contributed by atoms with E-state index in [-0.39, 0.29) is 23.9 Å². The van der Waals surface area contributed by atoms with Gasteiger partial charge in [0, 0.05) is 39.7 Å². The summed E-state index contributed by atoms with van der Waals surface area (Å²) in [6, 6.07) is 19.8. The fourth-order valence-corrected chi connectivity index (χ4v) is 5.69. The molecule has 2 unspecified atom stereocenters. The number of dihydropyridines is 1. The summed E-state index contributed by atoms with van der Waals surface area (Å²) < 4.78 is 20.7. The third-order valence-electron chi connectivity index (χ3n) is 6.42. The summed E-state index contributed by atoms with van der Waals surface area (Å²) in [5.41, 5.74) is 3.26. The summed E-state index contributed by atoms with van der Waals surface area (Å²) in [5, 5.41) is 5.31. The van der Waals surface area contributed by atoms with Crippen LogP contribution < -0.4 is 5.32 Å². The standard InChI is InChI=1S/C28H24FNO3S/c1-17-25(28(32)33-16-18-8-3-2-4-9-18)26(20-10-5-6-11-21(20)29)27-22(30-17)14-19(15-23(27)31)24-12-7-13-34-24/h2-13,19,26,30H,14-16H2,1H3. The van der Waals surface area contributed by atoms with E-state index in [2.05, 4.69) is 5.32 Å². The number of ketones is 1. The lowest BCUT2D eigenvalue weighted by atomic mass is 9.72. The molecule has 0 amide bonds. The minimum Gasteiger partial charge on any atom is -0.457 e. The lowest BCUT2D eigenvalue weighted by Crippen LogP contribution is -2.36. The summed E-state index contributed by atoms with van der Waals surface area (Å²) in [7, 11) is 0. The number of allylic oxidation sites excluding steroid dienone is 3. The molecule has 2 heterocycles. The van der Waals surface area contributed by atoms with Gasteiger partial charge in [-0.3, -0.25) is 4.79 Å². The molecule has 0 bridgehead atoms. The zero-order chi connectivity index (χ0) is 23.7. The maximum Gasteiger partial charge on any atom is 0.337 e. The molecular formula is C28H24FNO3S. The summed E-state index contributed by atoms with van der Waals surface area (Å²) in [6.07, 6.45) is 0.966. The molecule has 172 valence electrons. The van der Waals surface area contributed by atoms with Crippen LogP contribution in [0.3, 0.4) is 0 Å². The Hall–Kier alpha value is -3.51. The van der Waals surface area contributed by atoms with Crippen molar-refractivity contribution in [2.75, 3.05) is 0 Å². The van der Waals surface area contributed by atoms with E-state index in [9.17, 15) is 9.59 Å². The topological polar surface area (TPSA) is 55.4 Å². The second-order valence-electron chi connectivity index (χ2n) is 8.62. The second kappa shape index (κ2) is 9.39. The van der Waals surface area contributed by atoms with Gasteiger partial charge < -0.3 is 10.1 Å². The molecule has 0 radical (unpaired) electrons. The predicted octanol–water partition coefficient (Wildman–Crippen LogP) is 5.99. The van der Waals surface area contributed by atoms with Gasteiger partial charge in [-0.1, -0.05) is 54.6 Å². The summed E-state index contributed by atoms with van der Waals surface area (Å²) in [5.74, 6) is -1.81. The molecule has 5 rings (SSSR count). The molecule has 2 atom stereocenters. The molecule has 1 aromatic heterocycles. The second-order valence-corrected chi connectivity index (χ2v) is 9.60. The van der Waals surface area contributed by atoms with Gasteiger partial charge in [0.15, 0.2) is 5.78 Å². The fraction of sp³-hybridized carbons (Fsp3) is 0.214. The molecule has 34 heavy (non-hydrogen) atoms. The Morgan fingerprint density at radius 2 is 1.82 bits per heavy atom. The van der Waals surface area contributed by atoms with Gasteiger partial charge in [0.05, 0.1) is 11.5 Å². The first kappa shape index (κ1) is 22.3. The highest BCUT2D eigenvalue weighted by molar-refractivity contribution is 7.10. The van der Waals surface area contributed by atoms with E-state index in [0.717, 1.165) is 16.1 Å². The van der Waals surface area contributed by atoms with Crippen LogP contribution in [0.5, 0.6) is 0 Å². The zero-order valence-electron chi connectivity index (χ0n) is 18.7. The van der Waals surface area contributed by atoms with Crippen LogP contribution >= 0.6 is 11.3 Å². The molecule has 2 aromatic carbocycles. The maximum atomic E-state index is 15.0. The number of benzene rings is 2. The van der Waals surface area contributed by atoms with Gasteiger partial charge in [-0.05, 0) is 36.4 Å². The van der Waals surface area contributed by atoms with Crippen molar-refractivity contribution < 1.29 is 18.7 Å². The van der Waals surface area contributed by atoms with Crippen LogP contribution in [-0.4, -0.2) is 11.8 Å². The van der Waals surface area contributed by atoms with E-state index in [1.807, 2.05) is 47.8 Å². The predicted molar refractivity (Wildman–Crippen MR) is 130 cm³/mol. The maximum absolute atomic E-state index is 15.0. The van der Waals surface area contributed by atoms with Crippen molar-refractivity contribution in [2.24, 2.45) is 0 Å². The molecule has 1 N–H and O–H groups in total. The number of hydrogen-bond donors (Lipinski definition) is 1. The van der Waals surface area contributed by atoms with Crippen molar-refractivity contribution in [3.05, 3.63) is 116 Å². The first-order chi connectivity index (χ1) is 16.5. The number of esters is 1. The van der Waals surface area contributed by atoms with E-state index < -0.39 is 17.7 Å². The largest absolute Gasteiger partial charge is 0.457 e. The van der Waals surface area contributed by atoms with Crippen molar-refractivity contribution in [3.63, 3.8) is 0 Å². The Morgan fingerprint density at radius 3 is 2.56 bits per heavy atom. The van der Waals surface area contributed by atoms with E-state index in [1.54, 1.807) is 36.5 Å². The molecular weight excluding hydrogens is 449 g/mol. The molecule has 2 aliphatic rings. The third-order valence-corrected chi connectivity index (χ3v) is 7.46. The smallest absolute Gasteiger partial charge is 0.337 e. The summed E-state index contributed by atoms with van der Waals surface area (Å²) in [4.78, 5) is 28.0. The summed E-state index contributed by atoms with van der Waals surface area (Å²) >= 11 is 1.63. The number of carbonyl (C=O) groups is 2. The van der Waals surface area contributed by atoms with Crippen LogP contribution in [0.1, 0.15) is 47.6 Å². The Bertz CT molecular complexity index is 1290. The fourth-order valence-electron chi connectivity index (χ4n) is 4.86. The summed E-state index contributed by atoms with van der Waals surface area (Å²) in [6.45, 7) is 1.89. The molecule has 1 aliphatic carbocycles. The quantitative estimate of drug-likeness (QED) is 0.463. The van der Waals surface area contributed by atoms with E-state index in [4.69, 9.17) is 4.74 Å². The lowest BCUT2D eigenvalue weighted by molar-refractivity contribution is -0.140. The van der Waals surface area contributed by atoms with Crippen LogP contribution in [0.2, 0.25) is 0 Å². The van der Waals surface area contributed by atoms with Crippen LogP contribution in [0, 0.1) is 5.82 Å². The number of rotatable bonds is 5. The number of ether oxygens (including phenoxy) is 1. The molecule has 0 saturated carbocycles. The van der Waals surface area contributed by atoms with Crippen molar-refractivity contribution in [2.45, 2.75) is 38.2 Å². The molecule has 0 fully saturated rings. The monoisotopic (exact) mass is 473 g/mol. The van der Waals surface area contributed by atoms with Gasteiger partial charge in [-0.2, -0.15) is 0 Å². The minimum absolute atomic E-state index is 0.0683. The molecule has 0 spiro atoms. The number of Topliss-reactive ketones (excluding diaryl/α,β-unsaturated/α-hetero) is 1. The van der Waals surface area contributed by atoms with Crippen LogP contribution in [0.15, 0.2) is 94.7 Å². The Balaban J connectivity index is 1.53. The molecule has 0 saturated heterocycles. The number of hydrogen-bond acceptors (Lipinski definition) is 5. The normalized spacial score (nSPS) is 20.1. The molecule has 1 aliphatic heterocycles. The van der Waals surface area contributed by atoms with E-state index in [0.29, 0.717) is 29.7 Å². The average Bonchev–Trinajstić information content (AvgIpc) is 3.38. The minimum atomic E-state index is -0.808. The highest BCUT2D eigenvalue weighted by atomic mass is 32.1. The number of nitrogens with one attached hydrogen (secondary N) is 1. The first-order valence-corrected chi connectivity index (χ1v) is 12.1. The molecule has 3 aromatic rings. The van der Waals surface area contributed by atoms with Crippen LogP contribution in [0.4, 0.5) is 4.39 Å². The van der Waals surface area contributed by atoms with Gasteiger partial charge in [-0.25, -0.2) is 9.18 Å². The molecule has 4 nitrogen and oxygen atoms in total. The van der Waals surface area contributed by atoms with E-state index in [1.165, 1.54) is 6.07 Å². The molecule has 6 heteroatoms. The van der Waals surface area contributed by atoms with Gasteiger partial charge in [0.25, 0.3) is 0 Å². The van der Waals surface area contributed by atoms with Gasteiger partial charge in [0.1, 0.15) is 12.4 Å². The third kappa shape index (κ3) is 4.21. The average molecular weight is 474 g/mol. The van der Waals surface area contributed by atoms with Crippen LogP contribution in [0.25, 0.3) is 0 Å². The highest BCUT2D eigenvalue weighted by Crippen LogP contribution is 2.46. The first-order valence-electron chi connectivity index (χ1n) is 11.3. The van der Waals surface area contributed by atoms with Gasteiger partial charge in [0.2, 0.25) is 0 Å². The van der Waals surface area contributed by atoms with Crippen molar-refractivity contribution >= 4 is 23.1 Å². The van der Waals surface area contributed by atoms with E-state index >= 15 is 4.39 Å². The SMILES string of the molecule is CC1=C(C(=O)OCc2ccccc2)C(c2ccccc2F)C2=C(CC(c3cccs3)CC2=O)N1. The van der Waals surface area contributed by atoms with Crippen molar-refractivity contribution in [3.8, 4) is 0 Å². The Kier molecular flexibility index (Phi) is 6.16. The highest BCUT2D eigenvalue weighted by Gasteiger charge is 2.42. The Morgan fingerprint density at radius 1 is 1.06 bits per heavy atom. The van der Waals surface area contributed by atoms with Crippen molar-refractivity contribution in [1.82, 2.24) is 5.32 Å². The zero-order valence-corrected chi connectivity index (χ0v) is 19.5. The van der Waals surface area contributed by atoms with Gasteiger partial charge in [-0.15, -0.1) is 11.3 Å². The van der Waals surface area contributed by atoms with Crippen molar-refractivity contribution in [1.29, 1.82) is 0 Å². The van der Waals surface area contributed by atoms with Crippen LogP contribution in [-0.2, 0) is 20.9 Å². The number of carbonyl (C=O) groups excluding carboxylic acids is 2. The number of halogens is 1. The Labute approximate surface area is 201 Å². The lowest BCUT2D eigenvalue weighted by Gasteiger charge is -2.36. The number of thiophene rings is 1. The van der Waals surface area contributed by atoms with Gasteiger partial charge >= 0.3 is 5.97 Å².